The predicted octanol–water partition coefficient (Wildman–Crippen LogP) is 3.53. The quantitative estimate of drug-likeness (QED) is 0.549. The molecular weight excluding hydrogens is 306 g/mol. The van der Waals surface area contributed by atoms with E-state index in [0.717, 1.165) is 19.3 Å². The van der Waals surface area contributed by atoms with Crippen LogP contribution in [0, 0.1) is 23.2 Å². The smallest absolute Gasteiger partial charge is 0.426 e. The Morgan fingerprint density at radius 2 is 2.00 bits per heavy atom. The average Bonchev–Trinajstić information content (AvgIpc) is 2.52. The maximum Gasteiger partial charge on any atom is 0.426 e. The number of carboxylic acid groups (broad SMARTS) is 1. The number of amides is 1. The number of hydrazine groups is 1. The Morgan fingerprint density at radius 3 is 2.54 bits per heavy atom. The zero-order valence-corrected chi connectivity index (χ0v) is 14.9. The molecule has 0 bridgehead atoms. The molecule has 0 unspecified atom stereocenters. The Labute approximate surface area is 143 Å². The first kappa shape index (κ1) is 19.7. The predicted molar refractivity (Wildman–Crippen MR) is 92.4 cm³/mol. The molecular formula is C17H27N5O2. The largest absolute Gasteiger partial charge is 0.464 e. The van der Waals surface area contributed by atoms with Gasteiger partial charge in [-0.2, -0.15) is 10.2 Å². The van der Waals surface area contributed by atoms with Crippen LogP contribution in [0.5, 0.6) is 0 Å². The summed E-state index contributed by atoms with van der Waals surface area (Å²) >= 11 is 0. The molecule has 0 saturated heterocycles. The van der Waals surface area contributed by atoms with Gasteiger partial charge in [0.2, 0.25) is 5.82 Å². The van der Waals surface area contributed by atoms with Crippen LogP contribution in [0.25, 0.3) is 0 Å². The third kappa shape index (κ3) is 6.41. The molecule has 132 valence electrons. The first-order valence-corrected chi connectivity index (χ1v) is 8.36. The molecule has 0 fully saturated rings. The van der Waals surface area contributed by atoms with E-state index in [9.17, 15) is 9.90 Å². The topological polar surface area (TPSA) is 93.4 Å². The van der Waals surface area contributed by atoms with Crippen molar-refractivity contribution >= 4 is 11.9 Å². The molecule has 7 heteroatoms. The van der Waals surface area contributed by atoms with Gasteiger partial charge in [0.1, 0.15) is 6.07 Å². The van der Waals surface area contributed by atoms with Gasteiger partial charge in [-0.25, -0.2) is 14.8 Å². The highest BCUT2D eigenvalue weighted by atomic mass is 16.4. The van der Waals surface area contributed by atoms with Crippen LogP contribution in [0.3, 0.4) is 0 Å². The number of aromatic nitrogens is 2. The van der Waals surface area contributed by atoms with Gasteiger partial charge in [0, 0.05) is 25.4 Å². The van der Waals surface area contributed by atoms with E-state index in [2.05, 4.69) is 23.8 Å². The lowest BCUT2D eigenvalue weighted by Gasteiger charge is -2.34. The molecule has 0 aliphatic heterocycles. The molecule has 0 radical (unpaired) electrons. The Bertz CT molecular complexity index is 568. The molecule has 1 aromatic rings. The van der Waals surface area contributed by atoms with E-state index >= 15 is 0 Å². The van der Waals surface area contributed by atoms with Gasteiger partial charge < -0.3 is 5.11 Å². The van der Waals surface area contributed by atoms with E-state index in [0.29, 0.717) is 24.8 Å². The molecule has 0 saturated carbocycles. The molecule has 1 rings (SSSR count). The normalized spacial score (nSPS) is 10.7. The van der Waals surface area contributed by atoms with E-state index in [-0.39, 0.29) is 11.7 Å². The lowest BCUT2D eigenvalue weighted by molar-refractivity contribution is 0.136. The number of carbonyl (C=O) groups is 1. The Kier molecular flexibility index (Phi) is 7.96. The molecule has 0 aromatic carbocycles. The van der Waals surface area contributed by atoms with Gasteiger partial charge >= 0.3 is 6.09 Å². The van der Waals surface area contributed by atoms with Crippen LogP contribution < -0.4 is 5.01 Å². The van der Waals surface area contributed by atoms with Gasteiger partial charge in [0.15, 0.2) is 5.82 Å². The van der Waals surface area contributed by atoms with Crippen LogP contribution in [-0.2, 0) is 0 Å². The van der Waals surface area contributed by atoms with E-state index < -0.39 is 6.09 Å². The fourth-order valence-electron chi connectivity index (χ4n) is 2.34. The molecule has 0 aliphatic carbocycles. The van der Waals surface area contributed by atoms with E-state index in [1.165, 1.54) is 11.2 Å². The van der Waals surface area contributed by atoms with Crippen molar-refractivity contribution in [2.45, 2.75) is 47.0 Å². The number of hydrogen-bond donors (Lipinski definition) is 1. The van der Waals surface area contributed by atoms with Crippen molar-refractivity contribution in [2.75, 3.05) is 18.1 Å². The average molecular weight is 333 g/mol. The second kappa shape index (κ2) is 9.71. The van der Waals surface area contributed by atoms with Gasteiger partial charge in [-0.15, -0.1) is 0 Å². The summed E-state index contributed by atoms with van der Waals surface area (Å²) in [6.45, 7) is 9.24. The summed E-state index contributed by atoms with van der Waals surface area (Å²) in [6, 6.07) is 3.53. The fourth-order valence-corrected chi connectivity index (χ4v) is 2.34. The van der Waals surface area contributed by atoms with Crippen LogP contribution >= 0.6 is 0 Å². The SMILES string of the molecule is CC(C)CCCCN(C(=O)O)N(CC(C)C)c1ccnc(C#N)n1. The van der Waals surface area contributed by atoms with Gasteiger partial charge in [-0.05, 0) is 18.3 Å². The highest BCUT2D eigenvalue weighted by Gasteiger charge is 2.23. The lowest BCUT2D eigenvalue weighted by Crippen LogP contribution is -2.48. The summed E-state index contributed by atoms with van der Waals surface area (Å²) in [7, 11) is 0. The summed E-state index contributed by atoms with van der Waals surface area (Å²) in [5.41, 5.74) is 0. The molecule has 7 nitrogen and oxygen atoms in total. The maximum absolute atomic E-state index is 11.8. The molecule has 24 heavy (non-hydrogen) atoms. The van der Waals surface area contributed by atoms with E-state index in [1.807, 2.05) is 19.9 Å². The number of anilines is 1. The summed E-state index contributed by atoms with van der Waals surface area (Å²) in [5, 5.41) is 21.5. The van der Waals surface area contributed by atoms with Gasteiger partial charge in [0.05, 0.1) is 0 Å². The fraction of sp³-hybridized carbons (Fsp3) is 0.647. The molecule has 1 N–H and O–H groups in total. The maximum atomic E-state index is 11.8. The van der Waals surface area contributed by atoms with Crippen LogP contribution in [0.4, 0.5) is 10.6 Å². The number of unbranched alkanes of at least 4 members (excludes halogenated alkanes) is 1. The second-order valence-corrected chi connectivity index (χ2v) is 6.62. The number of rotatable bonds is 9. The van der Waals surface area contributed by atoms with Crippen LogP contribution in [0.1, 0.15) is 52.8 Å². The zero-order chi connectivity index (χ0) is 18.1. The van der Waals surface area contributed by atoms with Crippen LogP contribution in [-0.4, -0.2) is 39.3 Å². The minimum Gasteiger partial charge on any atom is -0.464 e. The number of nitrogens with zero attached hydrogens (tertiary/aromatic N) is 5. The zero-order valence-electron chi connectivity index (χ0n) is 14.9. The van der Waals surface area contributed by atoms with Crippen LogP contribution in [0.2, 0.25) is 0 Å². The van der Waals surface area contributed by atoms with Crippen molar-refractivity contribution in [1.29, 1.82) is 5.26 Å². The van der Waals surface area contributed by atoms with Crippen molar-refractivity contribution in [3.8, 4) is 6.07 Å². The van der Waals surface area contributed by atoms with Crippen molar-refractivity contribution in [1.82, 2.24) is 15.0 Å². The summed E-state index contributed by atoms with van der Waals surface area (Å²) in [5.74, 6) is 1.31. The minimum absolute atomic E-state index is 0.0337. The van der Waals surface area contributed by atoms with E-state index in [1.54, 1.807) is 11.1 Å². The van der Waals surface area contributed by atoms with Gasteiger partial charge in [0.25, 0.3) is 0 Å². The second-order valence-electron chi connectivity index (χ2n) is 6.62. The highest BCUT2D eigenvalue weighted by molar-refractivity contribution is 5.67. The van der Waals surface area contributed by atoms with Gasteiger partial charge in [-0.1, -0.05) is 40.5 Å². The standard InChI is InChI=1S/C17H27N5O2/c1-13(2)7-5-6-10-21(17(23)24)22(12-14(3)4)16-8-9-19-15(11-18)20-16/h8-9,13-14H,5-7,10,12H2,1-4H3,(H,23,24). The third-order valence-corrected chi connectivity index (χ3v) is 3.46. The van der Waals surface area contributed by atoms with Crippen molar-refractivity contribution in [3.05, 3.63) is 18.1 Å². The summed E-state index contributed by atoms with van der Waals surface area (Å²) in [6.07, 6.45) is 3.30. The summed E-state index contributed by atoms with van der Waals surface area (Å²) in [4.78, 5) is 19.8. The first-order chi connectivity index (χ1) is 11.3. The van der Waals surface area contributed by atoms with Gasteiger partial charge in [-0.3, -0.25) is 5.01 Å². The molecule has 1 heterocycles. The molecule has 0 spiro atoms. The molecule has 1 amide bonds. The van der Waals surface area contributed by atoms with Crippen LogP contribution in [0.15, 0.2) is 12.3 Å². The van der Waals surface area contributed by atoms with E-state index in [4.69, 9.17) is 5.26 Å². The van der Waals surface area contributed by atoms with Crippen molar-refractivity contribution in [2.24, 2.45) is 11.8 Å². The lowest BCUT2D eigenvalue weighted by atomic mass is 10.1. The van der Waals surface area contributed by atoms with Crippen molar-refractivity contribution in [3.63, 3.8) is 0 Å². The number of hydrogen-bond acceptors (Lipinski definition) is 5. The highest BCUT2D eigenvalue weighted by Crippen LogP contribution is 2.17. The third-order valence-electron chi connectivity index (χ3n) is 3.46. The van der Waals surface area contributed by atoms with Crippen molar-refractivity contribution < 1.29 is 9.90 Å². The Balaban J connectivity index is 2.96. The summed E-state index contributed by atoms with van der Waals surface area (Å²) < 4.78 is 0. The molecule has 0 atom stereocenters. The number of nitriles is 1. The molecule has 1 aromatic heterocycles. The first-order valence-electron chi connectivity index (χ1n) is 8.36. The Morgan fingerprint density at radius 1 is 1.29 bits per heavy atom. The monoisotopic (exact) mass is 333 g/mol. The minimum atomic E-state index is -1.02. The molecule has 0 aliphatic rings. The Hall–Kier alpha value is -2.36.